The van der Waals surface area contributed by atoms with E-state index in [-0.39, 0.29) is 12.5 Å². The van der Waals surface area contributed by atoms with E-state index in [0.717, 1.165) is 16.8 Å². The molecule has 140 valence electrons. The normalized spacial score (nSPS) is 11.2. The van der Waals surface area contributed by atoms with Gasteiger partial charge < -0.3 is 5.32 Å². The lowest BCUT2D eigenvalue weighted by atomic mass is 10.0. The van der Waals surface area contributed by atoms with E-state index in [1.54, 1.807) is 0 Å². The Morgan fingerprint density at radius 3 is 2.37 bits per heavy atom. The molecule has 3 rings (SSSR count). The Kier molecular flexibility index (Phi) is 5.64. The molecule has 1 N–H and O–H groups in total. The molecule has 1 amide bonds. The Bertz CT molecular complexity index is 912. The second-order valence-corrected chi connectivity index (χ2v) is 7.21. The summed E-state index contributed by atoms with van der Waals surface area (Å²) in [6.07, 6.45) is 0. The Balaban J connectivity index is 1.68. The minimum atomic E-state index is -0.179. The lowest BCUT2D eigenvalue weighted by molar-refractivity contribution is -0.117. The molecule has 1 aromatic heterocycles. The van der Waals surface area contributed by atoms with Gasteiger partial charge in [-0.25, -0.2) is 0 Å². The lowest BCUT2D eigenvalue weighted by Gasteiger charge is -2.13. The van der Waals surface area contributed by atoms with Gasteiger partial charge in [0, 0.05) is 11.3 Å². The largest absolute Gasteiger partial charge is 0.324 e. The first kappa shape index (κ1) is 18.8. The van der Waals surface area contributed by atoms with Crippen LogP contribution in [0.4, 0.5) is 5.69 Å². The second kappa shape index (κ2) is 8.12. The number of amides is 1. The van der Waals surface area contributed by atoms with Crippen molar-refractivity contribution in [3.8, 4) is 11.4 Å². The summed E-state index contributed by atoms with van der Waals surface area (Å²) in [7, 11) is 0. The van der Waals surface area contributed by atoms with Crippen LogP contribution in [0.25, 0.3) is 11.4 Å². The fourth-order valence-electron chi connectivity index (χ4n) is 2.88. The summed E-state index contributed by atoms with van der Waals surface area (Å²) >= 11 is 0. The topological polar surface area (TPSA) is 72.7 Å². The smallest absolute Gasteiger partial charge is 0.248 e. The van der Waals surface area contributed by atoms with Crippen LogP contribution in [0, 0.1) is 0 Å². The highest BCUT2D eigenvalue weighted by Gasteiger charge is 2.12. The zero-order valence-corrected chi connectivity index (χ0v) is 16.2. The molecule has 0 radical (unpaired) electrons. The van der Waals surface area contributed by atoms with Gasteiger partial charge in [-0.2, -0.15) is 4.80 Å². The monoisotopic (exact) mass is 363 g/mol. The SMILES string of the molecule is CC(C)c1ccc(-c2nnn(CC(=O)Nc3ccccc3C(C)C)n2)cc1. The predicted molar refractivity (Wildman–Crippen MR) is 107 cm³/mol. The summed E-state index contributed by atoms with van der Waals surface area (Å²) in [6.45, 7) is 8.52. The van der Waals surface area contributed by atoms with E-state index in [1.165, 1.54) is 10.4 Å². The Labute approximate surface area is 159 Å². The van der Waals surface area contributed by atoms with Gasteiger partial charge in [0.25, 0.3) is 0 Å². The Morgan fingerprint density at radius 1 is 1.00 bits per heavy atom. The molecule has 0 atom stereocenters. The molecule has 6 nitrogen and oxygen atoms in total. The fourth-order valence-corrected chi connectivity index (χ4v) is 2.88. The van der Waals surface area contributed by atoms with Crippen molar-refractivity contribution in [3.63, 3.8) is 0 Å². The van der Waals surface area contributed by atoms with Crippen molar-refractivity contribution in [2.45, 2.75) is 46.1 Å². The summed E-state index contributed by atoms with van der Waals surface area (Å²) in [5.41, 5.74) is 4.07. The molecule has 2 aromatic carbocycles. The van der Waals surface area contributed by atoms with Crippen molar-refractivity contribution in [1.29, 1.82) is 0 Å². The van der Waals surface area contributed by atoms with Gasteiger partial charge in [-0.05, 0) is 34.2 Å². The number of nitrogens with zero attached hydrogens (tertiary/aromatic N) is 4. The number of nitrogens with one attached hydrogen (secondary N) is 1. The summed E-state index contributed by atoms with van der Waals surface area (Å²) in [6, 6.07) is 15.9. The van der Waals surface area contributed by atoms with Crippen LogP contribution in [0.2, 0.25) is 0 Å². The molecule has 1 heterocycles. The highest BCUT2D eigenvalue weighted by atomic mass is 16.2. The molecule has 0 saturated carbocycles. The average Bonchev–Trinajstić information content (AvgIpc) is 3.10. The number of hydrogen-bond donors (Lipinski definition) is 1. The summed E-state index contributed by atoms with van der Waals surface area (Å²) in [5.74, 6) is 1.13. The van der Waals surface area contributed by atoms with Crippen LogP contribution < -0.4 is 5.32 Å². The number of aromatic nitrogens is 4. The third-order valence-corrected chi connectivity index (χ3v) is 4.43. The number of anilines is 1. The number of para-hydroxylation sites is 1. The molecule has 3 aromatic rings. The zero-order valence-electron chi connectivity index (χ0n) is 16.2. The maximum Gasteiger partial charge on any atom is 0.248 e. The number of tetrazole rings is 1. The van der Waals surface area contributed by atoms with Crippen molar-refractivity contribution in [2.24, 2.45) is 0 Å². The Morgan fingerprint density at radius 2 is 1.70 bits per heavy atom. The number of hydrogen-bond acceptors (Lipinski definition) is 4. The Hall–Kier alpha value is -3.02. The summed E-state index contributed by atoms with van der Waals surface area (Å²) in [5, 5.41) is 15.3. The first-order valence-corrected chi connectivity index (χ1v) is 9.21. The van der Waals surface area contributed by atoms with E-state index < -0.39 is 0 Å². The molecule has 0 saturated heterocycles. The van der Waals surface area contributed by atoms with Crippen molar-refractivity contribution in [1.82, 2.24) is 20.2 Å². The zero-order chi connectivity index (χ0) is 19.4. The van der Waals surface area contributed by atoms with Gasteiger partial charge in [-0.1, -0.05) is 70.2 Å². The van der Waals surface area contributed by atoms with Crippen molar-refractivity contribution >= 4 is 11.6 Å². The van der Waals surface area contributed by atoms with E-state index in [0.29, 0.717) is 17.7 Å². The van der Waals surface area contributed by atoms with Crippen molar-refractivity contribution in [2.75, 3.05) is 5.32 Å². The fraction of sp³-hybridized carbons (Fsp3) is 0.333. The minimum absolute atomic E-state index is 0.0174. The predicted octanol–water partition coefficient (Wildman–Crippen LogP) is 4.23. The summed E-state index contributed by atoms with van der Waals surface area (Å²) < 4.78 is 0. The van der Waals surface area contributed by atoms with Gasteiger partial charge >= 0.3 is 0 Å². The van der Waals surface area contributed by atoms with Gasteiger partial charge in [0.2, 0.25) is 11.7 Å². The van der Waals surface area contributed by atoms with Crippen LogP contribution in [-0.4, -0.2) is 26.1 Å². The van der Waals surface area contributed by atoms with Gasteiger partial charge in [0.1, 0.15) is 6.54 Å². The standard InChI is InChI=1S/C21H25N5O/c1-14(2)16-9-11-17(12-10-16)21-23-25-26(24-21)13-20(27)22-19-8-6-5-7-18(19)15(3)4/h5-12,14-15H,13H2,1-4H3,(H,22,27). The van der Waals surface area contributed by atoms with E-state index in [4.69, 9.17) is 0 Å². The number of rotatable bonds is 6. The van der Waals surface area contributed by atoms with Crippen LogP contribution in [0.5, 0.6) is 0 Å². The molecule has 0 aliphatic carbocycles. The molecule has 27 heavy (non-hydrogen) atoms. The number of carbonyl (C=O) groups excluding carboxylic acids is 1. The molecule has 0 aliphatic rings. The van der Waals surface area contributed by atoms with Gasteiger partial charge in [-0.15, -0.1) is 10.2 Å². The average molecular weight is 363 g/mol. The maximum absolute atomic E-state index is 12.4. The summed E-state index contributed by atoms with van der Waals surface area (Å²) in [4.78, 5) is 13.7. The van der Waals surface area contributed by atoms with Gasteiger partial charge in [-0.3, -0.25) is 4.79 Å². The van der Waals surface area contributed by atoms with E-state index in [1.807, 2.05) is 36.4 Å². The molecule has 0 spiro atoms. The first-order chi connectivity index (χ1) is 12.9. The third kappa shape index (κ3) is 4.58. The number of benzene rings is 2. The molecule has 6 heteroatoms. The number of carbonyl (C=O) groups is 1. The highest BCUT2D eigenvalue weighted by molar-refractivity contribution is 5.91. The molecule has 0 aliphatic heterocycles. The van der Waals surface area contributed by atoms with Crippen molar-refractivity contribution < 1.29 is 4.79 Å². The molecular weight excluding hydrogens is 338 g/mol. The highest BCUT2D eigenvalue weighted by Crippen LogP contribution is 2.23. The van der Waals surface area contributed by atoms with Crippen LogP contribution in [-0.2, 0) is 11.3 Å². The van der Waals surface area contributed by atoms with Crippen LogP contribution in [0.1, 0.15) is 50.7 Å². The molecule has 0 bridgehead atoms. The van der Waals surface area contributed by atoms with E-state index in [9.17, 15) is 4.79 Å². The van der Waals surface area contributed by atoms with Crippen LogP contribution in [0.15, 0.2) is 48.5 Å². The molecule has 0 fully saturated rings. The quantitative estimate of drug-likeness (QED) is 0.711. The van der Waals surface area contributed by atoms with E-state index in [2.05, 4.69) is 60.6 Å². The van der Waals surface area contributed by atoms with Gasteiger partial charge in [0.15, 0.2) is 0 Å². The molecular formula is C21H25N5O. The van der Waals surface area contributed by atoms with Crippen molar-refractivity contribution in [3.05, 3.63) is 59.7 Å². The van der Waals surface area contributed by atoms with Crippen LogP contribution >= 0.6 is 0 Å². The van der Waals surface area contributed by atoms with Gasteiger partial charge in [0.05, 0.1) is 0 Å². The lowest BCUT2D eigenvalue weighted by Crippen LogP contribution is -2.21. The minimum Gasteiger partial charge on any atom is -0.324 e. The third-order valence-electron chi connectivity index (χ3n) is 4.43. The second-order valence-electron chi connectivity index (χ2n) is 7.21. The maximum atomic E-state index is 12.4. The molecule has 0 unspecified atom stereocenters. The van der Waals surface area contributed by atoms with E-state index >= 15 is 0 Å². The first-order valence-electron chi connectivity index (χ1n) is 9.21. The van der Waals surface area contributed by atoms with Crippen LogP contribution in [0.3, 0.4) is 0 Å².